The topological polar surface area (TPSA) is 44.8 Å². The Morgan fingerprint density at radius 2 is 1.68 bits per heavy atom. The molecule has 140 valence electrons. The highest BCUT2D eigenvalue weighted by Gasteiger charge is 2.35. The summed E-state index contributed by atoms with van der Waals surface area (Å²) < 4.78 is 0. The van der Waals surface area contributed by atoms with Gasteiger partial charge in [0.2, 0.25) is 0 Å². The molecule has 0 aliphatic heterocycles. The van der Waals surface area contributed by atoms with Crippen LogP contribution < -0.4 is 0 Å². The first-order chi connectivity index (χ1) is 13.6. The summed E-state index contributed by atoms with van der Waals surface area (Å²) in [7, 11) is 0. The van der Waals surface area contributed by atoms with Gasteiger partial charge in [-0.15, -0.1) is 0 Å². The molecule has 1 aliphatic carbocycles. The van der Waals surface area contributed by atoms with Crippen molar-refractivity contribution in [2.75, 3.05) is 0 Å². The number of hydrogen-bond donors (Lipinski definition) is 2. The zero-order chi connectivity index (χ0) is 19.7. The summed E-state index contributed by atoms with van der Waals surface area (Å²) in [5.74, 6) is 1.43. The van der Waals surface area contributed by atoms with Crippen LogP contribution in [0.5, 0.6) is 11.5 Å². The Bertz CT molecular complexity index is 1030. The first-order valence-electron chi connectivity index (χ1n) is 9.63. The van der Waals surface area contributed by atoms with Crippen LogP contribution in [0.1, 0.15) is 41.0 Å². The summed E-state index contributed by atoms with van der Waals surface area (Å²) in [6.45, 7) is 9.75. The van der Waals surface area contributed by atoms with Crippen molar-refractivity contribution in [1.29, 1.82) is 0 Å². The minimum Gasteiger partial charge on any atom is -0.508 e. The van der Waals surface area contributed by atoms with Crippen molar-refractivity contribution in [2.45, 2.75) is 31.6 Å². The van der Waals surface area contributed by atoms with E-state index in [1.165, 1.54) is 16.7 Å². The standard InChI is InChI=1S/C25H23NO2/c1-16-22(17-7-10-20(27)11-8-17)13-18-9-12-21(28)15-24(18)23(16)14-19-5-3-4-6-25(19)26-2/h3-12,15-16,22-23,27-28H,13-14H2,1H3/t16-,22-,23-/m0/s1. The Balaban J connectivity index is 1.77. The molecule has 0 saturated carbocycles. The molecule has 3 aromatic carbocycles. The van der Waals surface area contributed by atoms with Crippen LogP contribution in [0.25, 0.3) is 4.85 Å². The van der Waals surface area contributed by atoms with Crippen molar-refractivity contribution in [1.82, 2.24) is 0 Å². The van der Waals surface area contributed by atoms with Crippen molar-refractivity contribution in [2.24, 2.45) is 5.92 Å². The third-order valence-corrected chi connectivity index (χ3v) is 6.11. The van der Waals surface area contributed by atoms with Crippen LogP contribution in [-0.4, -0.2) is 10.2 Å². The zero-order valence-electron chi connectivity index (χ0n) is 15.8. The number of benzene rings is 3. The van der Waals surface area contributed by atoms with Crippen LogP contribution in [0.4, 0.5) is 5.69 Å². The molecule has 0 spiro atoms. The molecule has 28 heavy (non-hydrogen) atoms. The van der Waals surface area contributed by atoms with E-state index in [4.69, 9.17) is 6.57 Å². The smallest absolute Gasteiger partial charge is 0.190 e. The lowest BCUT2D eigenvalue weighted by atomic mass is 9.66. The molecule has 0 fully saturated rings. The normalized spacial score (nSPS) is 20.9. The van der Waals surface area contributed by atoms with E-state index in [2.05, 4.69) is 11.8 Å². The molecule has 3 aromatic rings. The molecule has 0 saturated heterocycles. The summed E-state index contributed by atoms with van der Waals surface area (Å²) in [5.41, 5.74) is 5.40. The quantitative estimate of drug-likeness (QED) is 0.560. The maximum absolute atomic E-state index is 10.1. The minimum atomic E-state index is 0.206. The second-order valence-corrected chi connectivity index (χ2v) is 7.70. The molecule has 2 N–H and O–H groups in total. The molecule has 3 nitrogen and oxygen atoms in total. The number of rotatable bonds is 3. The van der Waals surface area contributed by atoms with Gasteiger partial charge < -0.3 is 10.2 Å². The second kappa shape index (κ2) is 7.40. The molecular weight excluding hydrogens is 346 g/mol. The molecule has 0 heterocycles. The summed E-state index contributed by atoms with van der Waals surface area (Å²) in [4.78, 5) is 3.69. The van der Waals surface area contributed by atoms with Crippen LogP contribution in [0.2, 0.25) is 0 Å². The van der Waals surface area contributed by atoms with Gasteiger partial charge in [0.05, 0.1) is 6.57 Å². The lowest BCUT2D eigenvalue weighted by Crippen LogP contribution is -2.27. The molecule has 0 bridgehead atoms. The highest BCUT2D eigenvalue weighted by molar-refractivity contribution is 5.53. The molecule has 0 unspecified atom stereocenters. The molecule has 4 rings (SSSR count). The fourth-order valence-corrected chi connectivity index (χ4v) is 4.57. The monoisotopic (exact) mass is 369 g/mol. The number of para-hydroxylation sites is 1. The number of fused-ring (bicyclic) bond motifs is 1. The van der Waals surface area contributed by atoms with Gasteiger partial charge in [0.15, 0.2) is 5.69 Å². The van der Waals surface area contributed by atoms with E-state index in [1.807, 2.05) is 48.5 Å². The number of aromatic hydroxyl groups is 2. The van der Waals surface area contributed by atoms with Crippen LogP contribution >= 0.6 is 0 Å². The number of phenolic OH excluding ortho intramolecular Hbond substituents is 2. The maximum Gasteiger partial charge on any atom is 0.190 e. The Morgan fingerprint density at radius 3 is 2.43 bits per heavy atom. The van der Waals surface area contributed by atoms with E-state index in [-0.39, 0.29) is 17.4 Å². The van der Waals surface area contributed by atoms with E-state index in [0.29, 0.717) is 17.5 Å². The molecule has 0 radical (unpaired) electrons. The first-order valence-corrected chi connectivity index (χ1v) is 9.63. The Hall–Kier alpha value is -3.25. The van der Waals surface area contributed by atoms with Crippen molar-refractivity contribution in [3.63, 3.8) is 0 Å². The van der Waals surface area contributed by atoms with Crippen LogP contribution in [-0.2, 0) is 12.8 Å². The van der Waals surface area contributed by atoms with Gasteiger partial charge in [-0.3, -0.25) is 0 Å². The van der Waals surface area contributed by atoms with Gasteiger partial charge in [-0.1, -0.05) is 49.4 Å². The van der Waals surface area contributed by atoms with Crippen molar-refractivity contribution in [3.05, 3.63) is 100 Å². The summed E-state index contributed by atoms with van der Waals surface area (Å²) >= 11 is 0. The van der Waals surface area contributed by atoms with E-state index in [9.17, 15) is 10.2 Å². The molecule has 3 atom stereocenters. The number of phenols is 2. The predicted molar refractivity (Wildman–Crippen MR) is 111 cm³/mol. The molecule has 3 heteroatoms. The summed E-state index contributed by atoms with van der Waals surface area (Å²) in [5, 5.41) is 19.8. The van der Waals surface area contributed by atoms with E-state index >= 15 is 0 Å². The van der Waals surface area contributed by atoms with Gasteiger partial charge in [0, 0.05) is 0 Å². The second-order valence-electron chi connectivity index (χ2n) is 7.70. The van der Waals surface area contributed by atoms with Gasteiger partial charge >= 0.3 is 0 Å². The predicted octanol–water partition coefficient (Wildman–Crippen LogP) is 5.95. The average molecular weight is 369 g/mol. The first kappa shape index (κ1) is 18.1. The lowest BCUT2D eigenvalue weighted by molar-refractivity contribution is 0.347. The number of nitrogens with zero attached hydrogens (tertiary/aromatic N) is 1. The van der Waals surface area contributed by atoms with E-state index < -0.39 is 0 Å². The lowest BCUT2D eigenvalue weighted by Gasteiger charge is -2.38. The van der Waals surface area contributed by atoms with Gasteiger partial charge in [0.25, 0.3) is 0 Å². The fraction of sp³-hybridized carbons (Fsp3) is 0.240. The summed E-state index contributed by atoms with van der Waals surface area (Å²) in [6, 6.07) is 21.0. The summed E-state index contributed by atoms with van der Waals surface area (Å²) in [6.07, 6.45) is 1.67. The van der Waals surface area contributed by atoms with Crippen molar-refractivity contribution < 1.29 is 10.2 Å². The van der Waals surface area contributed by atoms with Crippen LogP contribution in [0, 0.1) is 12.5 Å². The van der Waals surface area contributed by atoms with Crippen LogP contribution in [0.15, 0.2) is 66.7 Å². The SMILES string of the molecule is [C-]#[N+]c1ccccc1C[C@@H]1c2cc(O)ccc2C[C@H](c2ccc(O)cc2)[C@@H]1C. The molecule has 0 amide bonds. The maximum atomic E-state index is 10.1. The minimum absolute atomic E-state index is 0.206. The number of hydrogen-bond acceptors (Lipinski definition) is 2. The van der Waals surface area contributed by atoms with Gasteiger partial charge in [0.1, 0.15) is 11.5 Å². The van der Waals surface area contributed by atoms with E-state index in [1.54, 1.807) is 18.2 Å². The average Bonchev–Trinajstić information content (AvgIpc) is 2.71. The molecule has 0 aromatic heterocycles. The van der Waals surface area contributed by atoms with Gasteiger partial charge in [-0.2, -0.15) is 0 Å². The van der Waals surface area contributed by atoms with Crippen molar-refractivity contribution in [3.8, 4) is 11.5 Å². The third-order valence-electron chi connectivity index (χ3n) is 6.11. The Kier molecular flexibility index (Phi) is 4.79. The zero-order valence-corrected chi connectivity index (χ0v) is 15.8. The highest BCUT2D eigenvalue weighted by Crippen LogP contribution is 2.47. The fourth-order valence-electron chi connectivity index (χ4n) is 4.57. The van der Waals surface area contributed by atoms with E-state index in [0.717, 1.165) is 18.4 Å². The van der Waals surface area contributed by atoms with Crippen molar-refractivity contribution >= 4 is 5.69 Å². The largest absolute Gasteiger partial charge is 0.508 e. The highest BCUT2D eigenvalue weighted by atomic mass is 16.3. The van der Waals surface area contributed by atoms with Crippen LogP contribution in [0.3, 0.4) is 0 Å². The Labute approximate surface area is 165 Å². The third kappa shape index (κ3) is 3.34. The molecular formula is C25H23NO2. The Morgan fingerprint density at radius 1 is 0.964 bits per heavy atom. The molecule has 1 aliphatic rings. The van der Waals surface area contributed by atoms with Gasteiger partial charge in [-0.05, 0) is 77.1 Å². The van der Waals surface area contributed by atoms with Gasteiger partial charge in [-0.25, -0.2) is 4.85 Å².